The molecule has 192 valence electrons. The molecule has 5 heterocycles. The maximum Gasteiger partial charge on any atom is 0.227 e. The molecule has 1 aliphatic rings. The van der Waals surface area contributed by atoms with Crippen molar-refractivity contribution >= 4 is 28.6 Å². The Morgan fingerprint density at radius 2 is 1.89 bits per heavy atom. The Bertz CT molecular complexity index is 1390. The minimum Gasteiger partial charge on any atom is -0.348 e. The number of nitrogens with one attached hydrogen (secondary N) is 1. The van der Waals surface area contributed by atoms with Crippen LogP contribution in [-0.2, 0) is 11.3 Å². The highest BCUT2D eigenvalue weighted by molar-refractivity contribution is 5.81. The first-order valence-corrected chi connectivity index (χ1v) is 12.7. The number of amides is 1. The molecule has 10 heteroatoms. The van der Waals surface area contributed by atoms with Gasteiger partial charge in [0.05, 0.1) is 29.3 Å². The minimum atomic E-state index is 0.147. The average molecular weight is 500 g/mol. The first-order chi connectivity index (χ1) is 17.9. The van der Waals surface area contributed by atoms with Crippen molar-refractivity contribution in [2.45, 2.75) is 32.7 Å². The molecule has 0 atom stereocenters. The van der Waals surface area contributed by atoms with Crippen LogP contribution in [0.2, 0.25) is 0 Å². The van der Waals surface area contributed by atoms with E-state index >= 15 is 0 Å². The van der Waals surface area contributed by atoms with Gasteiger partial charge in [-0.3, -0.25) is 14.5 Å². The van der Waals surface area contributed by atoms with Gasteiger partial charge in [0.1, 0.15) is 5.82 Å². The van der Waals surface area contributed by atoms with Gasteiger partial charge in [0.25, 0.3) is 0 Å². The topological polar surface area (TPSA) is 105 Å². The van der Waals surface area contributed by atoms with Crippen molar-refractivity contribution in [2.24, 2.45) is 5.92 Å². The van der Waals surface area contributed by atoms with Crippen molar-refractivity contribution in [1.82, 2.24) is 39.7 Å². The first kappa shape index (κ1) is 24.8. The van der Waals surface area contributed by atoms with E-state index in [2.05, 4.69) is 44.3 Å². The van der Waals surface area contributed by atoms with Crippen LogP contribution in [0.3, 0.4) is 0 Å². The normalized spacial score (nSPS) is 14.2. The highest BCUT2D eigenvalue weighted by atomic mass is 16.2. The molecule has 0 aromatic carbocycles. The van der Waals surface area contributed by atoms with Crippen LogP contribution in [0.5, 0.6) is 0 Å². The summed E-state index contributed by atoms with van der Waals surface area (Å²) < 4.78 is 1.97. The second-order valence-corrected chi connectivity index (χ2v) is 10.1. The van der Waals surface area contributed by atoms with Crippen molar-refractivity contribution < 1.29 is 4.79 Å². The second-order valence-electron chi connectivity index (χ2n) is 10.1. The molecule has 5 rings (SSSR count). The molecule has 10 nitrogen and oxygen atoms in total. The SMILES string of the molecule is CC(C)c1cnnc(Nc2ccc3ncc(-c4cnn(CCCN5CC(C(=O)N(C)C)C5)c4)cc3n2)c1. The fourth-order valence-electron chi connectivity index (χ4n) is 4.49. The third-order valence-electron chi connectivity index (χ3n) is 6.71. The third kappa shape index (κ3) is 5.75. The summed E-state index contributed by atoms with van der Waals surface area (Å²) in [7, 11) is 3.64. The molecular weight excluding hydrogens is 466 g/mol. The molecule has 1 fully saturated rings. The summed E-state index contributed by atoms with van der Waals surface area (Å²) in [5.74, 6) is 2.10. The summed E-state index contributed by atoms with van der Waals surface area (Å²) in [6.45, 7) is 7.75. The molecule has 37 heavy (non-hydrogen) atoms. The second kappa shape index (κ2) is 10.6. The number of aryl methyl sites for hydroxylation is 1. The molecule has 1 saturated heterocycles. The number of hydrogen-bond acceptors (Lipinski definition) is 8. The van der Waals surface area contributed by atoms with Gasteiger partial charge in [-0.2, -0.15) is 10.2 Å². The number of rotatable bonds is 9. The Balaban J connectivity index is 1.20. The van der Waals surface area contributed by atoms with Crippen molar-refractivity contribution in [3.8, 4) is 11.1 Å². The Morgan fingerprint density at radius 3 is 2.68 bits per heavy atom. The van der Waals surface area contributed by atoms with Crippen molar-refractivity contribution in [2.75, 3.05) is 39.0 Å². The lowest BCUT2D eigenvalue weighted by Gasteiger charge is -2.39. The van der Waals surface area contributed by atoms with Gasteiger partial charge in [-0.05, 0) is 48.7 Å². The predicted octanol–water partition coefficient (Wildman–Crippen LogP) is 3.56. The van der Waals surface area contributed by atoms with Crippen LogP contribution in [0.25, 0.3) is 22.2 Å². The average Bonchev–Trinajstić information content (AvgIpc) is 3.33. The van der Waals surface area contributed by atoms with Gasteiger partial charge in [0.15, 0.2) is 5.82 Å². The lowest BCUT2D eigenvalue weighted by atomic mass is 9.98. The van der Waals surface area contributed by atoms with Crippen molar-refractivity contribution in [3.05, 3.63) is 54.6 Å². The number of anilines is 2. The third-order valence-corrected chi connectivity index (χ3v) is 6.71. The monoisotopic (exact) mass is 499 g/mol. The number of likely N-dealkylation sites (tertiary alicyclic amines) is 1. The Hall–Kier alpha value is -3.92. The van der Waals surface area contributed by atoms with E-state index < -0.39 is 0 Å². The number of pyridine rings is 2. The van der Waals surface area contributed by atoms with E-state index in [9.17, 15) is 4.79 Å². The van der Waals surface area contributed by atoms with Crippen LogP contribution in [0.1, 0.15) is 31.7 Å². The van der Waals surface area contributed by atoms with E-state index in [4.69, 9.17) is 4.98 Å². The Kier molecular flexibility index (Phi) is 7.09. The zero-order valence-corrected chi connectivity index (χ0v) is 21.8. The fourth-order valence-corrected chi connectivity index (χ4v) is 4.49. The van der Waals surface area contributed by atoms with Crippen molar-refractivity contribution in [1.29, 1.82) is 0 Å². The largest absolute Gasteiger partial charge is 0.348 e. The molecule has 0 unspecified atom stereocenters. The summed E-state index contributed by atoms with van der Waals surface area (Å²) in [6, 6.07) is 7.88. The van der Waals surface area contributed by atoms with E-state index in [-0.39, 0.29) is 11.8 Å². The van der Waals surface area contributed by atoms with Crippen LogP contribution in [0.4, 0.5) is 11.6 Å². The van der Waals surface area contributed by atoms with Gasteiger partial charge in [-0.25, -0.2) is 4.98 Å². The van der Waals surface area contributed by atoms with Gasteiger partial charge in [0.2, 0.25) is 5.91 Å². The van der Waals surface area contributed by atoms with Crippen LogP contribution in [-0.4, -0.2) is 79.4 Å². The van der Waals surface area contributed by atoms with E-state index in [0.29, 0.717) is 17.6 Å². The zero-order valence-electron chi connectivity index (χ0n) is 21.8. The number of carbonyl (C=O) groups is 1. The molecule has 0 bridgehead atoms. The summed E-state index contributed by atoms with van der Waals surface area (Å²) in [6.07, 6.45) is 8.55. The van der Waals surface area contributed by atoms with Crippen LogP contribution in [0.15, 0.2) is 49.1 Å². The molecule has 4 aromatic rings. The smallest absolute Gasteiger partial charge is 0.227 e. The molecule has 1 aliphatic heterocycles. The van der Waals surface area contributed by atoms with Gasteiger partial charge in [0, 0.05) is 57.3 Å². The standard InChI is InChI=1S/C27H33N9O/c1-18(2)19-11-26(33-29-13-19)32-25-7-6-23-24(31-25)10-20(12-28-23)21-14-30-36(17-21)9-5-8-35-15-22(16-35)27(37)34(3)4/h6-7,10-14,17-18,22H,5,8-9,15-16H2,1-4H3,(H,31,32,33). The van der Waals surface area contributed by atoms with Crippen LogP contribution < -0.4 is 5.32 Å². The molecule has 0 spiro atoms. The Labute approximate surface area is 216 Å². The zero-order chi connectivity index (χ0) is 25.9. The summed E-state index contributed by atoms with van der Waals surface area (Å²) in [5.41, 5.74) is 4.71. The highest BCUT2D eigenvalue weighted by Crippen LogP contribution is 2.24. The van der Waals surface area contributed by atoms with Gasteiger partial charge in [-0.15, -0.1) is 5.10 Å². The van der Waals surface area contributed by atoms with Gasteiger partial charge < -0.3 is 15.1 Å². The van der Waals surface area contributed by atoms with Crippen LogP contribution in [0, 0.1) is 5.92 Å². The number of carbonyl (C=O) groups excluding carboxylic acids is 1. The minimum absolute atomic E-state index is 0.147. The van der Waals surface area contributed by atoms with E-state index in [1.165, 1.54) is 0 Å². The molecule has 1 amide bonds. The van der Waals surface area contributed by atoms with E-state index in [1.807, 2.05) is 61.6 Å². The quantitative estimate of drug-likeness (QED) is 0.373. The molecule has 4 aromatic heterocycles. The number of nitrogens with zero attached hydrogens (tertiary/aromatic N) is 8. The summed E-state index contributed by atoms with van der Waals surface area (Å²) in [4.78, 5) is 25.3. The lowest BCUT2D eigenvalue weighted by molar-refractivity contribution is -0.138. The number of fused-ring (bicyclic) bond motifs is 1. The molecule has 0 radical (unpaired) electrons. The van der Waals surface area contributed by atoms with Crippen LogP contribution >= 0.6 is 0 Å². The fraction of sp³-hybridized carbons (Fsp3) is 0.407. The van der Waals surface area contributed by atoms with Gasteiger partial charge in [-0.1, -0.05) is 13.8 Å². The number of aromatic nitrogens is 6. The van der Waals surface area contributed by atoms with Crippen molar-refractivity contribution in [3.63, 3.8) is 0 Å². The van der Waals surface area contributed by atoms with E-state index in [1.54, 1.807) is 11.1 Å². The molecule has 0 saturated carbocycles. The summed E-state index contributed by atoms with van der Waals surface area (Å²) >= 11 is 0. The highest BCUT2D eigenvalue weighted by Gasteiger charge is 2.32. The maximum atomic E-state index is 12.0. The molecular formula is C27H33N9O. The maximum absolute atomic E-state index is 12.0. The van der Waals surface area contributed by atoms with Gasteiger partial charge >= 0.3 is 0 Å². The summed E-state index contributed by atoms with van der Waals surface area (Å²) in [5, 5.41) is 16.1. The number of hydrogen-bond donors (Lipinski definition) is 1. The Morgan fingerprint density at radius 1 is 1.05 bits per heavy atom. The van der Waals surface area contributed by atoms with E-state index in [0.717, 1.165) is 60.3 Å². The lowest BCUT2D eigenvalue weighted by Crippen LogP contribution is -2.53. The predicted molar refractivity (Wildman–Crippen MR) is 143 cm³/mol. The molecule has 0 aliphatic carbocycles. The first-order valence-electron chi connectivity index (χ1n) is 12.7. The molecule has 1 N–H and O–H groups in total.